The zero-order valence-electron chi connectivity index (χ0n) is 9.72. The van der Waals surface area contributed by atoms with E-state index in [2.05, 4.69) is 12.2 Å². The number of rotatable bonds is 2. The second-order valence-electron chi connectivity index (χ2n) is 4.38. The van der Waals surface area contributed by atoms with Gasteiger partial charge in [-0.2, -0.15) is 24.9 Å². The average molecular weight is 296 g/mol. The van der Waals surface area contributed by atoms with E-state index in [4.69, 9.17) is 11.6 Å². The van der Waals surface area contributed by atoms with Gasteiger partial charge in [0.1, 0.15) is 0 Å². The van der Waals surface area contributed by atoms with Crippen LogP contribution in [0.25, 0.3) is 0 Å². The Morgan fingerprint density at radius 1 is 1.39 bits per heavy atom. The minimum Gasteiger partial charge on any atom is -0.380 e. The van der Waals surface area contributed by atoms with Gasteiger partial charge in [-0.1, -0.05) is 24.6 Å². The van der Waals surface area contributed by atoms with Gasteiger partial charge in [-0.15, -0.1) is 0 Å². The summed E-state index contributed by atoms with van der Waals surface area (Å²) in [5.41, 5.74) is -0.689. The van der Waals surface area contributed by atoms with Gasteiger partial charge in [0, 0.05) is 17.0 Å². The van der Waals surface area contributed by atoms with Gasteiger partial charge < -0.3 is 5.32 Å². The number of thioether (sulfide) groups is 1. The second-order valence-corrected chi connectivity index (χ2v) is 6.26. The van der Waals surface area contributed by atoms with Crippen LogP contribution in [0, 0.1) is 0 Å². The smallest absolute Gasteiger partial charge is 0.380 e. The topological polar surface area (TPSA) is 12.0 Å². The lowest BCUT2D eigenvalue weighted by atomic mass is 10.1. The predicted octanol–water partition coefficient (Wildman–Crippen LogP) is 4.66. The van der Waals surface area contributed by atoms with Crippen molar-refractivity contribution in [3.05, 3.63) is 28.8 Å². The van der Waals surface area contributed by atoms with Crippen molar-refractivity contribution in [1.82, 2.24) is 0 Å². The molecule has 1 aromatic rings. The largest absolute Gasteiger partial charge is 0.418 e. The molecule has 1 fully saturated rings. The predicted molar refractivity (Wildman–Crippen MR) is 70.4 cm³/mol. The highest BCUT2D eigenvalue weighted by Crippen LogP contribution is 2.40. The third kappa shape index (κ3) is 3.06. The van der Waals surface area contributed by atoms with Crippen molar-refractivity contribution in [1.29, 1.82) is 0 Å². The fourth-order valence-corrected chi connectivity index (χ4v) is 3.41. The molecule has 1 heterocycles. The van der Waals surface area contributed by atoms with E-state index in [1.54, 1.807) is 11.8 Å². The molecule has 2 atom stereocenters. The summed E-state index contributed by atoms with van der Waals surface area (Å²) in [6.07, 6.45) is -3.53. The first-order valence-corrected chi connectivity index (χ1v) is 7.04. The second kappa shape index (κ2) is 5.21. The molecular weight excluding hydrogens is 283 g/mol. The van der Waals surface area contributed by atoms with E-state index in [-0.39, 0.29) is 16.8 Å². The first-order chi connectivity index (χ1) is 8.38. The lowest BCUT2D eigenvalue weighted by molar-refractivity contribution is -0.137. The Labute approximate surface area is 113 Å². The van der Waals surface area contributed by atoms with Gasteiger partial charge in [0.2, 0.25) is 0 Å². The number of anilines is 1. The average Bonchev–Trinajstić information content (AvgIpc) is 2.65. The van der Waals surface area contributed by atoms with Crippen molar-refractivity contribution in [3.63, 3.8) is 0 Å². The van der Waals surface area contributed by atoms with Gasteiger partial charge in [0.25, 0.3) is 0 Å². The Morgan fingerprint density at radius 3 is 2.67 bits per heavy atom. The molecule has 1 aliphatic heterocycles. The molecule has 0 spiro atoms. The number of alkyl halides is 3. The summed E-state index contributed by atoms with van der Waals surface area (Å²) < 4.78 is 38.6. The van der Waals surface area contributed by atoms with Crippen LogP contribution in [0.2, 0.25) is 5.02 Å². The minimum absolute atomic E-state index is 0.00590. The summed E-state index contributed by atoms with van der Waals surface area (Å²) in [6.45, 7) is 2.07. The standard InChI is InChI=1S/C12H13ClF3NS/c1-7-5-8(6-18-7)17-11-9(12(14,15)16)3-2-4-10(11)13/h2-4,7-8,17H,5-6H2,1H3. The Hall–Kier alpha value is -0.550. The zero-order chi connectivity index (χ0) is 13.3. The fraction of sp³-hybridized carbons (Fsp3) is 0.500. The molecule has 1 saturated heterocycles. The number of hydrogen-bond acceptors (Lipinski definition) is 2. The highest BCUT2D eigenvalue weighted by atomic mass is 35.5. The van der Waals surface area contributed by atoms with E-state index < -0.39 is 11.7 Å². The maximum atomic E-state index is 12.9. The van der Waals surface area contributed by atoms with Crippen LogP contribution in [0.4, 0.5) is 18.9 Å². The van der Waals surface area contributed by atoms with E-state index >= 15 is 0 Å². The number of halogens is 4. The number of para-hydroxylation sites is 1. The van der Waals surface area contributed by atoms with Crippen molar-refractivity contribution in [3.8, 4) is 0 Å². The molecule has 0 amide bonds. The Bertz CT molecular complexity index is 436. The Kier molecular flexibility index (Phi) is 4.02. The lowest BCUT2D eigenvalue weighted by Gasteiger charge is -2.19. The summed E-state index contributed by atoms with van der Waals surface area (Å²) in [5, 5.41) is 3.53. The van der Waals surface area contributed by atoms with Crippen LogP contribution in [0.15, 0.2) is 18.2 Å². The van der Waals surface area contributed by atoms with E-state index in [1.165, 1.54) is 12.1 Å². The van der Waals surface area contributed by atoms with Crippen LogP contribution in [0.1, 0.15) is 18.9 Å². The maximum Gasteiger partial charge on any atom is 0.418 e. The third-order valence-corrected chi connectivity index (χ3v) is 4.54. The van der Waals surface area contributed by atoms with Crippen molar-refractivity contribution in [2.75, 3.05) is 11.1 Å². The molecule has 6 heteroatoms. The van der Waals surface area contributed by atoms with Gasteiger partial charge >= 0.3 is 6.18 Å². The van der Waals surface area contributed by atoms with Crippen molar-refractivity contribution in [2.24, 2.45) is 0 Å². The van der Waals surface area contributed by atoms with Gasteiger partial charge in [-0.3, -0.25) is 0 Å². The molecule has 18 heavy (non-hydrogen) atoms. The third-order valence-electron chi connectivity index (χ3n) is 2.87. The molecule has 1 nitrogen and oxygen atoms in total. The molecule has 0 aromatic heterocycles. The molecule has 0 bridgehead atoms. The zero-order valence-corrected chi connectivity index (χ0v) is 11.3. The summed E-state index contributed by atoms with van der Waals surface area (Å²) in [4.78, 5) is 0. The Balaban J connectivity index is 2.26. The molecule has 100 valence electrons. The normalized spacial score (nSPS) is 24.3. The monoisotopic (exact) mass is 295 g/mol. The number of nitrogens with one attached hydrogen (secondary N) is 1. The summed E-state index contributed by atoms with van der Waals surface area (Å²) in [7, 11) is 0. The number of benzene rings is 1. The van der Waals surface area contributed by atoms with Crippen molar-refractivity contribution < 1.29 is 13.2 Å². The SMILES string of the molecule is CC1CC(Nc2c(Cl)cccc2C(F)(F)F)CS1. The minimum atomic E-state index is -4.38. The summed E-state index contributed by atoms with van der Waals surface area (Å²) in [6, 6.07) is 3.90. The van der Waals surface area contributed by atoms with Crippen LogP contribution in [-0.2, 0) is 6.18 Å². The molecule has 0 radical (unpaired) electrons. The quantitative estimate of drug-likeness (QED) is 0.851. The number of hydrogen-bond donors (Lipinski definition) is 1. The van der Waals surface area contributed by atoms with Crippen LogP contribution in [0.5, 0.6) is 0 Å². The molecule has 2 rings (SSSR count). The van der Waals surface area contributed by atoms with Crippen LogP contribution in [0.3, 0.4) is 0 Å². The fourth-order valence-electron chi connectivity index (χ4n) is 2.03. The maximum absolute atomic E-state index is 12.9. The molecule has 0 saturated carbocycles. The van der Waals surface area contributed by atoms with Gasteiger partial charge in [-0.25, -0.2) is 0 Å². The molecule has 1 aliphatic rings. The molecule has 2 unspecified atom stereocenters. The molecular formula is C12H13ClF3NS. The van der Waals surface area contributed by atoms with Crippen molar-refractivity contribution >= 4 is 29.1 Å². The highest BCUT2D eigenvalue weighted by Gasteiger charge is 2.35. The molecule has 1 aromatic carbocycles. The Morgan fingerprint density at radius 2 is 2.11 bits per heavy atom. The molecule has 0 aliphatic carbocycles. The highest BCUT2D eigenvalue weighted by molar-refractivity contribution is 8.00. The van der Waals surface area contributed by atoms with Gasteiger partial charge in [0.05, 0.1) is 16.3 Å². The van der Waals surface area contributed by atoms with E-state index in [1.807, 2.05) is 0 Å². The van der Waals surface area contributed by atoms with E-state index in [9.17, 15) is 13.2 Å². The first kappa shape index (κ1) is 13.9. The van der Waals surface area contributed by atoms with Crippen LogP contribution in [-0.4, -0.2) is 17.0 Å². The van der Waals surface area contributed by atoms with Crippen LogP contribution < -0.4 is 5.32 Å². The summed E-state index contributed by atoms with van der Waals surface area (Å²) in [5.74, 6) is 0.809. The first-order valence-electron chi connectivity index (χ1n) is 5.62. The van der Waals surface area contributed by atoms with Crippen molar-refractivity contribution in [2.45, 2.75) is 30.8 Å². The van der Waals surface area contributed by atoms with Gasteiger partial charge in [0.15, 0.2) is 0 Å². The lowest BCUT2D eigenvalue weighted by Crippen LogP contribution is -2.22. The summed E-state index contributed by atoms with van der Waals surface area (Å²) >= 11 is 7.64. The molecule has 1 N–H and O–H groups in total. The van der Waals surface area contributed by atoms with E-state index in [0.29, 0.717) is 5.25 Å². The van der Waals surface area contributed by atoms with E-state index in [0.717, 1.165) is 18.2 Å². The van der Waals surface area contributed by atoms with Crippen LogP contribution >= 0.6 is 23.4 Å². The van der Waals surface area contributed by atoms with Gasteiger partial charge in [-0.05, 0) is 18.6 Å².